The second-order valence-electron chi connectivity index (χ2n) is 6.48. The number of ether oxygens (including phenoxy) is 2. The van der Waals surface area contributed by atoms with Crippen molar-refractivity contribution in [2.24, 2.45) is 0 Å². The number of nitrogens with zero attached hydrogens (tertiary/aromatic N) is 1. The Morgan fingerprint density at radius 2 is 2.29 bits per heavy atom. The number of thiophene rings is 1. The summed E-state index contributed by atoms with van der Waals surface area (Å²) in [4.78, 5) is 26.4. The van der Waals surface area contributed by atoms with Crippen molar-refractivity contribution in [3.63, 3.8) is 0 Å². The summed E-state index contributed by atoms with van der Waals surface area (Å²) in [5.41, 5.74) is -0.311. The maximum Gasteiger partial charge on any atom is 0.329 e. The predicted octanol–water partition coefficient (Wildman–Crippen LogP) is 1.93. The van der Waals surface area contributed by atoms with E-state index in [9.17, 15) is 9.59 Å². The first-order chi connectivity index (χ1) is 11.5. The van der Waals surface area contributed by atoms with Crippen LogP contribution in [0.4, 0.5) is 0 Å². The zero-order chi connectivity index (χ0) is 17.2. The van der Waals surface area contributed by atoms with E-state index in [0.717, 1.165) is 24.1 Å². The number of likely N-dealkylation sites (tertiary alicyclic amines) is 1. The zero-order valence-corrected chi connectivity index (χ0v) is 14.6. The largest absolute Gasteiger partial charge is 0.480 e. The first-order valence-electron chi connectivity index (χ1n) is 8.24. The third-order valence-electron chi connectivity index (χ3n) is 5.21. The number of aliphatic carboxylic acids is 1. The Hall–Kier alpha value is -1.44. The second-order valence-corrected chi connectivity index (χ2v) is 7.51. The summed E-state index contributed by atoms with van der Waals surface area (Å²) in [5.74, 6) is -0.851. The van der Waals surface area contributed by atoms with Crippen LogP contribution in [-0.2, 0) is 25.5 Å². The van der Waals surface area contributed by atoms with E-state index in [1.807, 2.05) is 22.4 Å². The Kier molecular flexibility index (Phi) is 5.22. The van der Waals surface area contributed by atoms with Crippen LogP contribution in [0, 0.1) is 0 Å². The third-order valence-corrected chi connectivity index (χ3v) is 6.09. The van der Waals surface area contributed by atoms with Gasteiger partial charge in [-0.05, 0) is 37.1 Å². The molecule has 1 aliphatic carbocycles. The molecule has 0 radical (unpaired) electrons. The number of hydrogen-bond acceptors (Lipinski definition) is 5. The molecule has 1 N–H and O–H groups in total. The quantitative estimate of drug-likeness (QED) is 0.846. The molecule has 7 heteroatoms. The van der Waals surface area contributed by atoms with E-state index in [0.29, 0.717) is 19.4 Å². The molecule has 0 spiro atoms. The van der Waals surface area contributed by atoms with E-state index < -0.39 is 5.97 Å². The molecule has 2 fully saturated rings. The number of hydrogen-bond donors (Lipinski definition) is 1. The average Bonchev–Trinajstić information content (AvgIpc) is 3.20. The SMILES string of the molecule is CO[C@@]12CC[C@H](OCC(=O)O)C[C@@H]1N(C(=O)Cc1cccs1)CC2. The number of carbonyl (C=O) groups excluding carboxylic acids is 1. The minimum atomic E-state index is -0.962. The highest BCUT2D eigenvalue weighted by Crippen LogP contribution is 2.43. The van der Waals surface area contributed by atoms with Gasteiger partial charge in [-0.2, -0.15) is 0 Å². The molecular formula is C17H23NO5S. The topological polar surface area (TPSA) is 76.1 Å². The van der Waals surface area contributed by atoms with Gasteiger partial charge in [0.1, 0.15) is 6.61 Å². The molecule has 3 atom stereocenters. The molecule has 2 heterocycles. The second kappa shape index (κ2) is 7.21. The van der Waals surface area contributed by atoms with Gasteiger partial charge in [-0.25, -0.2) is 4.79 Å². The van der Waals surface area contributed by atoms with Crippen LogP contribution in [0.25, 0.3) is 0 Å². The molecule has 1 aliphatic heterocycles. The summed E-state index contributed by atoms with van der Waals surface area (Å²) in [6, 6.07) is 3.89. The van der Waals surface area contributed by atoms with Gasteiger partial charge in [0.25, 0.3) is 0 Å². The van der Waals surface area contributed by atoms with Gasteiger partial charge < -0.3 is 19.5 Å². The monoisotopic (exact) mass is 353 g/mol. The lowest BCUT2D eigenvalue weighted by Gasteiger charge is -2.43. The Bertz CT molecular complexity index is 590. The van der Waals surface area contributed by atoms with Crippen LogP contribution in [-0.4, -0.2) is 59.9 Å². The Morgan fingerprint density at radius 3 is 2.96 bits per heavy atom. The van der Waals surface area contributed by atoms with Crippen molar-refractivity contribution in [1.82, 2.24) is 4.90 Å². The number of methoxy groups -OCH3 is 1. The standard InChI is InChI=1S/C17H23NO5S/c1-22-17-5-4-12(23-11-16(20)21)9-14(17)18(7-6-17)15(19)10-13-3-2-8-24-13/h2-3,8,12,14H,4-7,9-11H2,1H3,(H,20,21)/t12-,14-,17+/m0/s1. The molecule has 3 rings (SSSR count). The smallest absolute Gasteiger partial charge is 0.329 e. The molecule has 24 heavy (non-hydrogen) atoms. The Labute approximate surface area is 145 Å². The van der Waals surface area contributed by atoms with Gasteiger partial charge >= 0.3 is 5.97 Å². The van der Waals surface area contributed by atoms with Crippen LogP contribution in [0.3, 0.4) is 0 Å². The fraction of sp³-hybridized carbons (Fsp3) is 0.647. The van der Waals surface area contributed by atoms with E-state index in [-0.39, 0.29) is 30.3 Å². The molecule has 1 aromatic rings. The maximum atomic E-state index is 12.7. The number of amides is 1. The van der Waals surface area contributed by atoms with Crippen LogP contribution in [0.2, 0.25) is 0 Å². The van der Waals surface area contributed by atoms with Crippen molar-refractivity contribution < 1.29 is 24.2 Å². The molecular weight excluding hydrogens is 330 g/mol. The van der Waals surface area contributed by atoms with Crippen LogP contribution in [0.15, 0.2) is 17.5 Å². The predicted molar refractivity (Wildman–Crippen MR) is 89.1 cm³/mol. The number of carboxylic acids is 1. The Morgan fingerprint density at radius 1 is 1.46 bits per heavy atom. The molecule has 1 saturated carbocycles. The summed E-state index contributed by atoms with van der Waals surface area (Å²) < 4.78 is 11.3. The van der Waals surface area contributed by atoms with Gasteiger partial charge in [0.2, 0.25) is 5.91 Å². The van der Waals surface area contributed by atoms with Crippen LogP contribution >= 0.6 is 11.3 Å². The van der Waals surface area contributed by atoms with Gasteiger partial charge in [0.15, 0.2) is 0 Å². The van der Waals surface area contributed by atoms with Crippen molar-refractivity contribution in [1.29, 1.82) is 0 Å². The lowest BCUT2D eigenvalue weighted by atomic mass is 9.79. The summed E-state index contributed by atoms with van der Waals surface area (Å²) in [5, 5.41) is 10.8. The number of fused-ring (bicyclic) bond motifs is 1. The van der Waals surface area contributed by atoms with Gasteiger partial charge in [0.05, 0.1) is 24.2 Å². The van der Waals surface area contributed by atoms with Crippen LogP contribution in [0.5, 0.6) is 0 Å². The van der Waals surface area contributed by atoms with E-state index >= 15 is 0 Å². The summed E-state index contributed by atoms with van der Waals surface area (Å²) >= 11 is 1.59. The lowest BCUT2D eigenvalue weighted by molar-refractivity contribution is -0.151. The molecule has 0 bridgehead atoms. The highest BCUT2D eigenvalue weighted by molar-refractivity contribution is 7.10. The van der Waals surface area contributed by atoms with Gasteiger partial charge in [-0.15, -0.1) is 11.3 Å². The van der Waals surface area contributed by atoms with E-state index in [1.54, 1.807) is 18.4 Å². The van der Waals surface area contributed by atoms with E-state index in [1.165, 1.54) is 0 Å². The zero-order valence-electron chi connectivity index (χ0n) is 13.8. The summed E-state index contributed by atoms with van der Waals surface area (Å²) in [6.45, 7) is 0.398. The highest BCUT2D eigenvalue weighted by atomic mass is 32.1. The third kappa shape index (κ3) is 3.48. The summed E-state index contributed by atoms with van der Waals surface area (Å²) in [7, 11) is 1.71. The lowest BCUT2D eigenvalue weighted by Crippen LogP contribution is -2.53. The van der Waals surface area contributed by atoms with Gasteiger partial charge in [-0.1, -0.05) is 6.07 Å². The minimum Gasteiger partial charge on any atom is -0.480 e. The number of rotatable bonds is 6. The van der Waals surface area contributed by atoms with Crippen molar-refractivity contribution >= 4 is 23.2 Å². The normalized spacial score (nSPS) is 29.5. The van der Waals surface area contributed by atoms with Crippen LogP contribution < -0.4 is 0 Å². The van der Waals surface area contributed by atoms with E-state index in [2.05, 4.69) is 0 Å². The maximum absolute atomic E-state index is 12.7. The van der Waals surface area contributed by atoms with Crippen molar-refractivity contribution in [3.8, 4) is 0 Å². The fourth-order valence-electron chi connectivity index (χ4n) is 3.96. The average molecular weight is 353 g/mol. The van der Waals surface area contributed by atoms with Crippen molar-refractivity contribution in [3.05, 3.63) is 22.4 Å². The number of carbonyl (C=O) groups is 2. The molecule has 1 amide bonds. The van der Waals surface area contributed by atoms with Gasteiger partial charge in [-0.3, -0.25) is 4.79 Å². The molecule has 1 aromatic heterocycles. The summed E-state index contributed by atoms with van der Waals surface area (Å²) in [6.07, 6.45) is 3.30. The molecule has 1 saturated heterocycles. The molecule has 0 unspecified atom stereocenters. The number of carboxylic acid groups (broad SMARTS) is 1. The molecule has 2 aliphatic rings. The first kappa shape index (κ1) is 17.4. The van der Waals surface area contributed by atoms with Gasteiger partial charge in [0, 0.05) is 18.5 Å². The van der Waals surface area contributed by atoms with Crippen LogP contribution in [0.1, 0.15) is 30.6 Å². The van der Waals surface area contributed by atoms with Crippen molar-refractivity contribution in [2.75, 3.05) is 20.3 Å². The highest BCUT2D eigenvalue weighted by Gasteiger charge is 2.52. The van der Waals surface area contributed by atoms with Crippen molar-refractivity contribution in [2.45, 2.75) is 49.9 Å². The minimum absolute atomic E-state index is 0.0393. The first-order valence-corrected chi connectivity index (χ1v) is 9.12. The fourth-order valence-corrected chi connectivity index (χ4v) is 4.66. The molecule has 0 aromatic carbocycles. The molecule has 132 valence electrons. The molecule has 6 nitrogen and oxygen atoms in total. The Balaban J connectivity index is 1.69. The van der Waals surface area contributed by atoms with E-state index in [4.69, 9.17) is 14.6 Å².